The summed E-state index contributed by atoms with van der Waals surface area (Å²) in [4.78, 5) is 4.27. The Hall–Kier alpha value is -1.81. The zero-order chi connectivity index (χ0) is 16.2. The summed E-state index contributed by atoms with van der Waals surface area (Å²) in [5.74, 6) is 0.908. The first-order valence-corrected chi connectivity index (χ1v) is 7.54. The predicted molar refractivity (Wildman–Crippen MR) is 80.3 cm³/mol. The van der Waals surface area contributed by atoms with Crippen LogP contribution >= 0.6 is 0 Å². The van der Waals surface area contributed by atoms with Crippen LogP contribution in [-0.4, -0.2) is 61.6 Å². The molecule has 1 fully saturated rings. The fraction of sp³-hybridized carbons (Fsp3) is 0.643. The number of aryl methyl sites for hydroxylation is 1. The van der Waals surface area contributed by atoms with Gasteiger partial charge < -0.3 is 24.5 Å². The standard InChI is InChI=1S/C14H22N6O3/c1-19-4-3-15-13(19)5-16-14-11(21)9-23-12(14)7-20-6-10(8-22-2)17-18-20/h3-4,6,11-12,14,16,21H,5,7-9H2,1-2H3/t11-,12+,14+/m0/s1. The molecule has 3 rings (SSSR count). The zero-order valence-corrected chi connectivity index (χ0v) is 13.3. The van der Waals surface area contributed by atoms with Crippen LogP contribution in [0.2, 0.25) is 0 Å². The van der Waals surface area contributed by atoms with Crippen molar-refractivity contribution in [2.75, 3.05) is 13.7 Å². The molecular formula is C14H22N6O3. The molecule has 3 heterocycles. The first-order chi connectivity index (χ1) is 11.2. The van der Waals surface area contributed by atoms with Crippen LogP contribution in [0.1, 0.15) is 11.5 Å². The Morgan fingerprint density at radius 3 is 3.13 bits per heavy atom. The summed E-state index contributed by atoms with van der Waals surface area (Å²) in [5, 5.41) is 21.6. The van der Waals surface area contributed by atoms with Crippen molar-refractivity contribution in [2.24, 2.45) is 7.05 Å². The predicted octanol–water partition coefficient (Wildman–Crippen LogP) is -0.924. The van der Waals surface area contributed by atoms with Crippen LogP contribution in [0.5, 0.6) is 0 Å². The Labute approximate surface area is 134 Å². The second-order valence-electron chi connectivity index (χ2n) is 5.67. The van der Waals surface area contributed by atoms with Crippen LogP contribution in [0, 0.1) is 0 Å². The van der Waals surface area contributed by atoms with Gasteiger partial charge in [-0.25, -0.2) is 9.67 Å². The van der Waals surface area contributed by atoms with E-state index in [1.165, 1.54) is 0 Å². The Balaban J connectivity index is 1.60. The summed E-state index contributed by atoms with van der Waals surface area (Å²) >= 11 is 0. The SMILES string of the molecule is COCc1cn(C[C@H]2OC[C@H](O)[C@H]2NCc2nccn2C)nn1. The largest absolute Gasteiger partial charge is 0.389 e. The highest BCUT2D eigenvalue weighted by Crippen LogP contribution is 2.17. The summed E-state index contributed by atoms with van der Waals surface area (Å²) < 4.78 is 14.4. The number of rotatable bonds is 7. The lowest BCUT2D eigenvalue weighted by Gasteiger charge is -2.21. The minimum absolute atomic E-state index is 0.178. The van der Waals surface area contributed by atoms with Crippen molar-refractivity contribution < 1.29 is 14.6 Å². The van der Waals surface area contributed by atoms with Gasteiger partial charge in [-0.05, 0) is 0 Å². The Morgan fingerprint density at radius 2 is 2.39 bits per heavy atom. The molecule has 9 nitrogen and oxygen atoms in total. The summed E-state index contributed by atoms with van der Waals surface area (Å²) in [6, 6.07) is -0.179. The fourth-order valence-corrected chi connectivity index (χ4v) is 2.71. The van der Waals surface area contributed by atoms with E-state index < -0.39 is 6.10 Å². The molecule has 23 heavy (non-hydrogen) atoms. The van der Waals surface area contributed by atoms with Gasteiger partial charge in [0.25, 0.3) is 0 Å². The molecule has 0 aliphatic carbocycles. The van der Waals surface area contributed by atoms with E-state index in [9.17, 15) is 5.11 Å². The molecule has 1 aliphatic rings. The third-order valence-corrected chi connectivity index (χ3v) is 3.96. The molecule has 1 saturated heterocycles. The number of imidazole rings is 1. The first-order valence-electron chi connectivity index (χ1n) is 7.54. The average Bonchev–Trinajstić information content (AvgIpc) is 3.22. The van der Waals surface area contributed by atoms with E-state index in [-0.39, 0.29) is 12.1 Å². The number of methoxy groups -OCH3 is 1. The highest BCUT2D eigenvalue weighted by molar-refractivity contribution is 4.96. The number of aliphatic hydroxyl groups is 1. The van der Waals surface area contributed by atoms with Crippen molar-refractivity contribution in [1.82, 2.24) is 29.9 Å². The maximum Gasteiger partial charge on any atom is 0.122 e. The summed E-state index contributed by atoms with van der Waals surface area (Å²) in [5.41, 5.74) is 0.767. The van der Waals surface area contributed by atoms with Crippen molar-refractivity contribution in [3.05, 3.63) is 30.1 Å². The average molecular weight is 322 g/mol. The van der Waals surface area contributed by atoms with E-state index in [1.807, 2.05) is 24.0 Å². The van der Waals surface area contributed by atoms with Gasteiger partial charge >= 0.3 is 0 Å². The molecule has 2 aromatic heterocycles. The van der Waals surface area contributed by atoms with Gasteiger partial charge in [-0.1, -0.05) is 5.21 Å². The van der Waals surface area contributed by atoms with E-state index in [0.29, 0.717) is 26.3 Å². The normalized spacial score (nSPS) is 24.4. The number of nitrogens with one attached hydrogen (secondary N) is 1. The van der Waals surface area contributed by atoms with Crippen LogP contribution in [0.4, 0.5) is 0 Å². The molecule has 0 unspecified atom stereocenters. The van der Waals surface area contributed by atoms with Crippen molar-refractivity contribution in [1.29, 1.82) is 0 Å². The molecule has 3 atom stereocenters. The van der Waals surface area contributed by atoms with E-state index in [1.54, 1.807) is 18.0 Å². The van der Waals surface area contributed by atoms with Crippen LogP contribution < -0.4 is 5.32 Å². The molecular weight excluding hydrogens is 300 g/mol. The van der Waals surface area contributed by atoms with E-state index >= 15 is 0 Å². The molecule has 126 valence electrons. The molecule has 0 aromatic carbocycles. The molecule has 0 spiro atoms. The van der Waals surface area contributed by atoms with Crippen LogP contribution in [0.3, 0.4) is 0 Å². The summed E-state index contributed by atoms with van der Waals surface area (Å²) in [7, 11) is 3.56. The Morgan fingerprint density at radius 1 is 1.52 bits per heavy atom. The second-order valence-corrected chi connectivity index (χ2v) is 5.67. The van der Waals surface area contributed by atoms with Gasteiger partial charge in [0.15, 0.2) is 0 Å². The van der Waals surface area contributed by atoms with E-state index in [2.05, 4.69) is 20.6 Å². The van der Waals surface area contributed by atoms with Gasteiger partial charge in [-0.15, -0.1) is 5.10 Å². The first kappa shape index (κ1) is 16.1. The Bertz CT molecular complexity index is 628. The molecule has 0 radical (unpaired) electrons. The van der Waals surface area contributed by atoms with Crippen LogP contribution in [0.25, 0.3) is 0 Å². The number of ether oxygens (including phenoxy) is 2. The molecule has 2 N–H and O–H groups in total. The topological polar surface area (TPSA) is 99.2 Å². The van der Waals surface area contributed by atoms with Gasteiger partial charge in [0.1, 0.15) is 11.5 Å². The maximum absolute atomic E-state index is 10.1. The molecule has 0 saturated carbocycles. The zero-order valence-electron chi connectivity index (χ0n) is 13.3. The minimum atomic E-state index is -0.553. The Kier molecular flexibility index (Phi) is 5.01. The fourth-order valence-electron chi connectivity index (χ4n) is 2.71. The van der Waals surface area contributed by atoms with Gasteiger partial charge in [0, 0.05) is 26.6 Å². The molecule has 0 bridgehead atoms. The monoisotopic (exact) mass is 322 g/mol. The van der Waals surface area contributed by atoms with Crippen molar-refractivity contribution in [3.8, 4) is 0 Å². The minimum Gasteiger partial charge on any atom is -0.389 e. The highest BCUT2D eigenvalue weighted by Gasteiger charge is 2.36. The quantitative estimate of drug-likeness (QED) is 0.680. The van der Waals surface area contributed by atoms with Gasteiger partial charge in [-0.3, -0.25) is 0 Å². The van der Waals surface area contributed by atoms with Crippen molar-refractivity contribution in [3.63, 3.8) is 0 Å². The smallest absolute Gasteiger partial charge is 0.122 e. The summed E-state index contributed by atoms with van der Waals surface area (Å²) in [6.07, 6.45) is 4.74. The van der Waals surface area contributed by atoms with Gasteiger partial charge in [0.05, 0.1) is 50.7 Å². The van der Waals surface area contributed by atoms with Gasteiger partial charge in [-0.2, -0.15) is 0 Å². The molecule has 2 aromatic rings. The number of aromatic nitrogens is 5. The highest BCUT2D eigenvalue weighted by atomic mass is 16.5. The molecule has 1 aliphatic heterocycles. The lowest BCUT2D eigenvalue weighted by molar-refractivity contribution is 0.0740. The number of hydrogen-bond donors (Lipinski definition) is 2. The lowest BCUT2D eigenvalue weighted by Crippen LogP contribution is -2.45. The molecule has 9 heteroatoms. The molecule has 0 amide bonds. The number of hydrogen-bond acceptors (Lipinski definition) is 7. The number of nitrogens with zero attached hydrogens (tertiary/aromatic N) is 5. The van der Waals surface area contributed by atoms with Crippen molar-refractivity contribution >= 4 is 0 Å². The van der Waals surface area contributed by atoms with Crippen LogP contribution in [-0.2, 0) is 36.2 Å². The van der Waals surface area contributed by atoms with Crippen molar-refractivity contribution in [2.45, 2.75) is 37.9 Å². The third-order valence-electron chi connectivity index (χ3n) is 3.96. The van der Waals surface area contributed by atoms with E-state index in [4.69, 9.17) is 9.47 Å². The second kappa shape index (κ2) is 7.18. The lowest BCUT2D eigenvalue weighted by atomic mass is 10.1. The third kappa shape index (κ3) is 3.75. The van der Waals surface area contributed by atoms with E-state index in [0.717, 1.165) is 11.5 Å². The van der Waals surface area contributed by atoms with Crippen LogP contribution in [0.15, 0.2) is 18.6 Å². The summed E-state index contributed by atoms with van der Waals surface area (Å²) in [6.45, 7) is 1.82. The van der Waals surface area contributed by atoms with Gasteiger partial charge in [0.2, 0.25) is 0 Å². The number of aliphatic hydroxyl groups excluding tert-OH is 1. The maximum atomic E-state index is 10.1.